The van der Waals surface area contributed by atoms with Crippen molar-refractivity contribution in [2.75, 3.05) is 30.3 Å². The first kappa shape index (κ1) is 16.0. The van der Waals surface area contributed by atoms with Gasteiger partial charge in [0.2, 0.25) is 15.9 Å². The Balaban J connectivity index is 1.76. The molecule has 0 N–H and O–H groups in total. The summed E-state index contributed by atoms with van der Waals surface area (Å²) in [7, 11) is -3.16. The maximum absolute atomic E-state index is 12.4. The van der Waals surface area contributed by atoms with Crippen molar-refractivity contribution in [1.82, 2.24) is 4.31 Å². The topological polar surface area (TPSA) is 57.7 Å². The van der Waals surface area contributed by atoms with E-state index in [2.05, 4.69) is 0 Å². The molecule has 7 heteroatoms. The third-order valence-corrected chi connectivity index (χ3v) is 7.62. The van der Waals surface area contributed by atoms with Crippen LogP contribution in [-0.2, 0) is 14.8 Å². The van der Waals surface area contributed by atoms with Gasteiger partial charge in [0.25, 0.3) is 0 Å². The van der Waals surface area contributed by atoms with Crippen LogP contribution in [0.5, 0.6) is 0 Å². The van der Waals surface area contributed by atoms with Gasteiger partial charge in [-0.05, 0) is 31.9 Å². The summed E-state index contributed by atoms with van der Waals surface area (Å²) in [5.74, 6) is 0.321. The zero-order valence-electron chi connectivity index (χ0n) is 13.0. The maximum atomic E-state index is 12.4. The summed E-state index contributed by atoms with van der Waals surface area (Å²) in [5, 5.41) is 0.981. The summed E-state index contributed by atoms with van der Waals surface area (Å²) in [6, 6.07) is 4.00. The molecule has 0 aliphatic carbocycles. The molecular formula is C15H22N2O3S2. The number of anilines is 1. The van der Waals surface area contributed by atoms with E-state index in [1.54, 1.807) is 15.6 Å². The van der Waals surface area contributed by atoms with E-state index in [0.717, 1.165) is 11.4 Å². The first-order valence-corrected chi connectivity index (χ1v) is 10.1. The van der Waals surface area contributed by atoms with E-state index in [0.29, 0.717) is 32.5 Å². The van der Waals surface area contributed by atoms with Crippen LogP contribution >= 0.6 is 11.3 Å². The minimum atomic E-state index is -3.16. The van der Waals surface area contributed by atoms with Crippen LogP contribution in [0.4, 0.5) is 5.00 Å². The van der Waals surface area contributed by atoms with Gasteiger partial charge in [0.1, 0.15) is 0 Å². The van der Waals surface area contributed by atoms with Gasteiger partial charge in [-0.3, -0.25) is 4.79 Å². The van der Waals surface area contributed by atoms with Crippen LogP contribution in [0.3, 0.4) is 0 Å². The monoisotopic (exact) mass is 342 g/mol. The van der Waals surface area contributed by atoms with Crippen molar-refractivity contribution in [2.45, 2.75) is 33.1 Å². The van der Waals surface area contributed by atoms with E-state index < -0.39 is 10.0 Å². The van der Waals surface area contributed by atoms with E-state index in [4.69, 9.17) is 0 Å². The zero-order valence-corrected chi connectivity index (χ0v) is 14.7. The molecule has 1 unspecified atom stereocenters. The molecule has 2 saturated heterocycles. The number of amides is 1. The highest BCUT2D eigenvalue weighted by Crippen LogP contribution is 2.43. The van der Waals surface area contributed by atoms with E-state index in [-0.39, 0.29) is 17.1 Å². The van der Waals surface area contributed by atoms with Gasteiger partial charge in [-0.15, -0.1) is 11.3 Å². The van der Waals surface area contributed by atoms with Crippen molar-refractivity contribution in [1.29, 1.82) is 0 Å². The standard InChI is InChI=1S/C15H22N2O3S2/c1-3-8-22(19,20)16-7-6-15(10-16)9-13(18)17(11-15)14-5-4-12(2)21-14/h4-5H,3,6-11H2,1-2H3. The van der Waals surface area contributed by atoms with E-state index in [1.165, 1.54) is 4.88 Å². The fourth-order valence-electron chi connectivity index (χ4n) is 3.46. The lowest BCUT2D eigenvalue weighted by atomic mass is 9.86. The van der Waals surface area contributed by atoms with E-state index >= 15 is 0 Å². The third-order valence-electron chi connectivity index (χ3n) is 4.57. The molecule has 3 rings (SSSR count). The molecule has 22 heavy (non-hydrogen) atoms. The minimum Gasteiger partial charge on any atom is -0.303 e. The van der Waals surface area contributed by atoms with Crippen molar-refractivity contribution >= 4 is 32.3 Å². The number of rotatable bonds is 4. The van der Waals surface area contributed by atoms with Gasteiger partial charge >= 0.3 is 0 Å². The van der Waals surface area contributed by atoms with Crippen molar-refractivity contribution in [2.24, 2.45) is 5.41 Å². The summed E-state index contributed by atoms with van der Waals surface area (Å²) in [4.78, 5) is 15.4. The Morgan fingerprint density at radius 2 is 2.09 bits per heavy atom. The molecule has 0 saturated carbocycles. The Bertz CT molecular complexity index is 683. The molecule has 0 radical (unpaired) electrons. The van der Waals surface area contributed by atoms with Gasteiger partial charge in [-0.1, -0.05) is 6.92 Å². The lowest BCUT2D eigenvalue weighted by molar-refractivity contribution is -0.117. The van der Waals surface area contributed by atoms with Crippen LogP contribution in [0, 0.1) is 12.3 Å². The van der Waals surface area contributed by atoms with Gasteiger partial charge < -0.3 is 4.90 Å². The molecule has 3 heterocycles. The fourth-order valence-corrected chi connectivity index (χ4v) is 5.95. The largest absolute Gasteiger partial charge is 0.303 e. The summed E-state index contributed by atoms with van der Waals surface area (Å²) >= 11 is 1.62. The smallest absolute Gasteiger partial charge is 0.228 e. The average Bonchev–Trinajstić information content (AvgIpc) is 3.11. The van der Waals surface area contributed by atoms with Crippen LogP contribution in [0.15, 0.2) is 12.1 Å². The molecule has 1 amide bonds. The van der Waals surface area contributed by atoms with Gasteiger partial charge in [0, 0.05) is 36.3 Å². The molecule has 1 atom stereocenters. The summed E-state index contributed by atoms with van der Waals surface area (Å²) in [6.07, 6.45) is 1.87. The van der Waals surface area contributed by atoms with E-state index in [9.17, 15) is 13.2 Å². The second-order valence-electron chi connectivity index (χ2n) is 6.44. The second kappa shape index (κ2) is 5.62. The Morgan fingerprint density at radius 3 is 2.73 bits per heavy atom. The lowest BCUT2D eigenvalue weighted by Gasteiger charge is -2.23. The number of carbonyl (C=O) groups is 1. The number of carbonyl (C=O) groups excluding carboxylic acids is 1. The van der Waals surface area contributed by atoms with Crippen molar-refractivity contribution in [3.05, 3.63) is 17.0 Å². The summed E-state index contributed by atoms with van der Waals surface area (Å²) in [5.41, 5.74) is -0.199. The molecule has 5 nitrogen and oxygen atoms in total. The molecule has 122 valence electrons. The predicted octanol–water partition coefficient (Wildman–Crippen LogP) is 2.23. The van der Waals surface area contributed by atoms with Gasteiger partial charge in [-0.25, -0.2) is 12.7 Å². The predicted molar refractivity (Wildman–Crippen MR) is 88.7 cm³/mol. The molecule has 1 spiro atoms. The Hall–Kier alpha value is -0.920. The lowest BCUT2D eigenvalue weighted by Crippen LogP contribution is -2.35. The number of hydrogen-bond acceptors (Lipinski definition) is 4. The Labute approximate surface area is 136 Å². The SMILES string of the molecule is CCCS(=O)(=O)N1CCC2(CC(=O)N(c3ccc(C)s3)C2)C1. The molecule has 2 fully saturated rings. The van der Waals surface area contributed by atoms with Gasteiger partial charge in [-0.2, -0.15) is 0 Å². The molecule has 2 aliphatic heterocycles. The highest BCUT2D eigenvalue weighted by Gasteiger charge is 2.50. The Morgan fingerprint density at radius 1 is 1.32 bits per heavy atom. The van der Waals surface area contributed by atoms with Crippen LogP contribution in [0.1, 0.15) is 31.1 Å². The highest BCUT2D eigenvalue weighted by molar-refractivity contribution is 7.89. The zero-order chi connectivity index (χ0) is 16.0. The summed E-state index contributed by atoms with van der Waals surface area (Å²) < 4.78 is 26.1. The van der Waals surface area contributed by atoms with Crippen LogP contribution in [0.25, 0.3) is 0 Å². The molecule has 0 bridgehead atoms. The number of sulfonamides is 1. The summed E-state index contributed by atoms with van der Waals surface area (Å²) in [6.45, 7) is 5.58. The average molecular weight is 342 g/mol. The quantitative estimate of drug-likeness (QED) is 0.843. The molecule has 0 aromatic carbocycles. The minimum absolute atomic E-state index is 0.122. The number of nitrogens with zero attached hydrogens (tertiary/aromatic N) is 2. The fraction of sp³-hybridized carbons (Fsp3) is 0.667. The van der Waals surface area contributed by atoms with Crippen molar-refractivity contribution in [3.8, 4) is 0 Å². The number of aryl methyl sites for hydroxylation is 1. The Kier molecular flexibility index (Phi) is 4.07. The van der Waals surface area contributed by atoms with Gasteiger partial charge in [0.05, 0.1) is 10.8 Å². The van der Waals surface area contributed by atoms with Gasteiger partial charge in [0.15, 0.2) is 0 Å². The van der Waals surface area contributed by atoms with E-state index in [1.807, 2.05) is 30.9 Å². The van der Waals surface area contributed by atoms with Crippen LogP contribution in [-0.4, -0.2) is 44.0 Å². The van der Waals surface area contributed by atoms with Crippen molar-refractivity contribution in [3.63, 3.8) is 0 Å². The normalized spacial score (nSPS) is 26.5. The highest BCUT2D eigenvalue weighted by atomic mass is 32.2. The number of thiophene rings is 1. The first-order chi connectivity index (χ1) is 10.4. The first-order valence-electron chi connectivity index (χ1n) is 7.70. The maximum Gasteiger partial charge on any atom is 0.228 e. The molecule has 1 aromatic rings. The van der Waals surface area contributed by atoms with Crippen LogP contribution in [0.2, 0.25) is 0 Å². The van der Waals surface area contributed by atoms with Crippen molar-refractivity contribution < 1.29 is 13.2 Å². The third kappa shape index (κ3) is 2.81. The molecular weight excluding hydrogens is 320 g/mol. The second-order valence-corrected chi connectivity index (χ2v) is 9.80. The van der Waals surface area contributed by atoms with Crippen LogP contribution < -0.4 is 4.90 Å². The molecule has 2 aliphatic rings. The number of hydrogen-bond donors (Lipinski definition) is 0. The molecule has 1 aromatic heterocycles.